The summed E-state index contributed by atoms with van der Waals surface area (Å²) in [5, 5.41) is 3.12. The molecule has 1 N–H and O–H groups in total. The average Bonchev–Trinajstić information content (AvgIpc) is 2.80. The number of carbonyl (C=O) groups is 1. The summed E-state index contributed by atoms with van der Waals surface area (Å²) in [6, 6.07) is 0. The van der Waals surface area contributed by atoms with E-state index in [1.165, 1.54) is 25.7 Å². The molecule has 2 aliphatic heterocycles. The topological polar surface area (TPSA) is 44.7 Å². The molecule has 0 aromatic carbocycles. The second kappa shape index (κ2) is 5.91. The van der Waals surface area contributed by atoms with E-state index in [-0.39, 0.29) is 5.91 Å². The first kappa shape index (κ1) is 14.8. The van der Waals surface area contributed by atoms with Crippen molar-refractivity contribution < 1.29 is 4.79 Å². The Hall–Kier alpha value is -1.16. The number of amidine groups is 1. The van der Waals surface area contributed by atoms with E-state index in [1.54, 1.807) is 0 Å². The van der Waals surface area contributed by atoms with Crippen molar-refractivity contribution in [3.8, 4) is 0 Å². The largest absolute Gasteiger partial charge is 0.312 e. The molecule has 2 fully saturated rings. The second-order valence-corrected chi connectivity index (χ2v) is 7.03. The van der Waals surface area contributed by atoms with Gasteiger partial charge in [-0.2, -0.15) is 0 Å². The third-order valence-corrected chi connectivity index (χ3v) is 5.47. The molecule has 4 heteroatoms. The van der Waals surface area contributed by atoms with Crippen molar-refractivity contribution in [3.05, 3.63) is 12.7 Å². The van der Waals surface area contributed by atoms with Gasteiger partial charge in [-0.05, 0) is 31.6 Å². The number of likely N-dealkylation sites (tertiary alicyclic amines) is 1. The third kappa shape index (κ3) is 2.91. The van der Waals surface area contributed by atoms with Crippen LogP contribution in [0.25, 0.3) is 0 Å². The Morgan fingerprint density at radius 1 is 1.33 bits per heavy atom. The monoisotopic (exact) mass is 289 g/mol. The zero-order valence-electron chi connectivity index (χ0n) is 13.1. The maximum atomic E-state index is 12.5. The number of hydrogen-bond donors (Lipinski definition) is 1. The molecule has 1 spiro atoms. The van der Waals surface area contributed by atoms with Crippen molar-refractivity contribution in [2.45, 2.75) is 51.0 Å². The summed E-state index contributed by atoms with van der Waals surface area (Å²) in [4.78, 5) is 19.7. The van der Waals surface area contributed by atoms with Crippen LogP contribution >= 0.6 is 0 Å². The molecule has 1 amide bonds. The molecule has 4 nitrogen and oxygen atoms in total. The van der Waals surface area contributed by atoms with Crippen LogP contribution < -0.4 is 5.32 Å². The van der Waals surface area contributed by atoms with Crippen LogP contribution in [-0.4, -0.2) is 41.8 Å². The highest BCUT2D eigenvalue weighted by molar-refractivity contribution is 6.09. The molecule has 0 radical (unpaired) electrons. The van der Waals surface area contributed by atoms with E-state index in [4.69, 9.17) is 4.99 Å². The highest BCUT2D eigenvalue weighted by Crippen LogP contribution is 2.35. The molecule has 0 unspecified atom stereocenters. The van der Waals surface area contributed by atoms with Crippen LogP contribution in [0.2, 0.25) is 0 Å². The Balaban J connectivity index is 1.66. The van der Waals surface area contributed by atoms with Crippen LogP contribution in [0.4, 0.5) is 0 Å². The van der Waals surface area contributed by atoms with Gasteiger partial charge < -0.3 is 5.32 Å². The lowest BCUT2D eigenvalue weighted by atomic mass is 9.82. The molecular formula is C17H27N3O. The Morgan fingerprint density at radius 2 is 2.00 bits per heavy atom. The number of carbonyl (C=O) groups excluding carboxylic acids is 1. The fourth-order valence-electron chi connectivity index (χ4n) is 3.90. The molecular weight excluding hydrogens is 262 g/mol. The minimum absolute atomic E-state index is 0.148. The van der Waals surface area contributed by atoms with Crippen molar-refractivity contribution in [1.82, 2.24) is 10.2 Å². The van der Waals surface area contributed by atoms with Crippen LogP contribution in [-0.2, 0) is 4.79 Å². The van der Waals surface area contributed by atoms with Gasteiger partial charge in [0, 0.05) is 25.6 Å². The highest BCUT2D eigenvalue weighted by atomic mass is 16.2. The Bertz CT molecular complexity index is 441. The van der Waals surface area contributed by atoms with Gasteiger partial charge in [0.15, 0.2) is 0 Å². The lowest BCUT2D eigenvalue weighted by Gasteiger charge is -2.34. The molecule has 0 aromatic rings. The first-order valence-electron chi connectivity index (χ1n) is 8.37. The maximum absolute atomic E-state index is 12.5. The average molecular weight is 289 g/mol. The number of nitrogens with zero attached hydrogens (tertiary/aromatic N) is 2. The van der Waals surface area contributed by atoms with Gasteiger partial charge in [0.1, 0.15) is 11.4 Å². The number of amides is 1. The van der Waals surface area contributed by atoms with Crippen molar-refractivity contribution in [1.29, 1.82) is 0 Å². The molecule has 2 heterocycles. The Kier molecular flexibility index (Phi) is 4.16. The summed E-state index contributed by atoms with van der Waals surface area (Å²) in [6.45, 7) is 8.91. The van der Waals surface area contributed by atoms with Crippen LogP contribution in [0.15, 0.2) is 17.6 Å². The van der Waals surface area contributed by atoms with Crippen molar-refractivity contribution in [2.75, 3.05) is 19.6 Å². The zero-order valence-corrected chi connectivity index (χ0v) is 13.1. The van der Waals surface area contributed by atoms with Gasteiger partial charge in [-0.15, -0.1) is 6.58 Å². The molecule has 0 bridgehead atoms. The van der Waals surface area contributed by atoms with E-state index < -0.39 is 5.54 Å². The van der Waals surface area contributed by atoms with Crippen LogP contribution in [0.1, 0.15) is 45.4 Å². The fraction of sp³-hybridized carbons (Fsp3) is 0.765. The fourth-order valence-corrected chi connectivity index (χ4v) is 3.90. The smallest absolute Gasteiger partial charge is 0.253 e. The van der Waals surface area contributed by atoms with E-state index in [0.717, 1.165) is 44.2 Å². The second-order valence-electron chi connectivity index (χ2n) is 7.03. The number of aliphatic imine (C=N–C) groups is 1. The number of piperidine rings is 1. The highest BCUT2D eigenvalue weighted by Gasteiger charge is 2.46. The first-order chi connectivity index (χ1) is 10.1. The lowest BCUT2D eigenvalue weighted by Crippen LogP contribution is -2.49. The summed E-state index contributed by atoms with van der Waals surface area (Å²) in [5.41, 5.74) is -0.462. The number of nitrogens with one attached hydrogen (secondary N) is 1. The molecule has 0 atom stereocenters. The predicted octanol–water partition coefficient (Wildman–Crippen LogP) is 2.36. The molecule has 1 saturated carbocycles. The van der Waals surface area contributed by atoms with Crippen LogP contribution in [0.5, 0.6) is 0 Å². The van der Waals surface area contributed by atoms with Crippen molar-refractivity contribution >= 4 is 11.7 Å². The predicted molar refractivity (Wildman–Crippen MR) is 85.3 cm³/mol. The zero-order chi connectivity index (χ0) is 14.9. The SMILES string of the molecule is C=CCN1CCC2(CC1)N=C([C@H]1CC[C@H](C)CC1)NC2=O. The van der Waals surface area contributed by atoms with Gasteiger partial charge in [-0.3, -0.25) is 14.7 Å². The molecule has 1 saturated heterocycles. The standard InChI is InChI=1S/C17H27N3O/c1-3-10-20-11-8-17(9-12-20)16(21)18-15(19-17)14-6-4-13(2)5-7-14/h3,13-14H,1,4-12H2,2H3,(H,18,19,21)/t13-,14-. The van der Waals surface area contributed by atoms with Crippen molar-refractivity contribution in [3.63, 3.8) is 0 Å². The van der Waals surface area contributed by atoms with Crippen molar-refractivity contribution in [2.24, 2.45) is 16.8 Å². The van der Waals surface area contributed by atoms with Crippen LogP contribution in [0.3, 0.4) is 0 Å². The molecule has 116 valence electrons. The number of hydrogen-bond acceptors (Lipinski definition) is 3. The Morgan fingerprint density at radius 3 is 2.62 bits per heavy atom. The molecule has 3 aliphatic rings. The van der Waals surface area contributed by atoms with E-state index >= 15 is 0 Å². The first-order valence-corrected chi connectivity index (χ1v) is 8.37. The van der Waals surface area contributed by atoms with E-state index in [0.29, 0.717) is 5.92 Å². The van der Waals surface area contributed by atoms with E-state index in [1.807, 2.05) is 6.08 Å². The van der Waals surface area contributed by atoms with E-state index in [9.17, 15) is 4.79 Å². The summed E-state index contributed by atoms with van der Waals surface area (Å²) in [6.07, 6.45) is 8.51. The number of rotatable bonds is 3. The van der Waals surface area contributed by atoms with E-state index in [2.05, 4.69) is 23.7 Å². The van der Waals surface area contributed by atoms with Gasteiger partial charge in [0.05, 0.1) is 0 Å². The quantitative estimate of drug-likeness (QED) is 0.811. The summed E-state index contributed by atoms with van der Waals surface area (Å²) in [7, 11) is 0. The summed E-state index contributed by atoms with van der Waals surface area (Å²) < 4.78 is 0. The lowest BCUT2D eigenvalue weighted by molar-refractivity contribution is -0.125. The van der Waals surface area contributed by atoms with Crippen LogP contribution in [0, 0.1) is 11.8 Å². The molecule has 3 rings (SSSR count). The van der Waals surface area contributed by atoms with Gasteiger partial charge >= 0.3 is 0 Å². The summed E-state index contributed by atoms with van der Waals surface area (Å²) in [5.74, 6) is 2.45. The van der Waals surface area contributed by atoms with Gasteiger partial charge in [-0.25, -0.2) is 0 Å². The minimum atomic E-state index is -0.462. The van der Waals surface area contributed by atoms with Gasteiger partial charge in [0.2, 0.25) is 0 Å². The normalized spacial score (nSPS) is 32.8. The van der Waals surface area contributed by atoms with Gasteiger partial charge in [0.25, 0.3) is 5.91 Å². The third-order valence-electron chi connectivity index (χ3n) is 5.47. The minimum Gasteiger partial charge on any atom is -0.312 e. The molecule has 0 aromatic heterocycles. The molecule has 1 aliphatic carbocycles. The van der Waals surface area contributed by atoms with Gasteiger partial charge in [-0.1, -0.05) is 25.8 Å². The molecule has 21 heavy (non-hydrogen) atoms. The maximum Gasteiger partial charge on any atom is 0.253 e. The Labute approximate surface area is 127 Å². The summed E-state index contributed by atoms with van der Waals surface area (Å²) >= 11 is 0.